The lowest BCUT2D eigenvalue weighted by Gasteiger charge is -2.13. The Morgan fingerprint density at radius 2 is 1.81 bits per heavy atom. The van der Waals surface area contributed by atoms with Gasteiger partial charge in [-0.25, -0.2) is 9.97 Å². The number of ether oxygens (including phenoxy) is 1. The Morgan fingerprint density at radius 3 is 2.43 bits per heavy atom. The highest BCUT2D eigenvalue weighted by molar-refractivity contribution is 5.44. The van der Waals surface area contributed by atoms with Gasteiger partial charge in [-0.2, -0.15) is 0 Å². The van der Waals surface area contributed by atoms with Crippen LogP contribution in [0.15, 0.2) is 24.5 Å². The predicted octanol–water partition coefficient (Wildman–Crippen LogP) is 3.32. The van der Waals surface area contributed by atoms with E-state index in [1.165, 1.54) is 16.7 Å². The molecular weight excluding hydrogens is 262 g/mol. The summed E-state index contributed by atoms with van der Waals surface area (Å²) in [6.45, 7) is 7.15. The Hall–Kier alpha value is -2.10. The fourth-order valence-electron chi connectivity index (χ4n) is 2.28. The van der Waals surface area contributed by atoms with Gasteiger partial charge in [0.2, 0.25) is 5.95 Å². The van der Waals surface area contributed by atoms with Crippen LogP contribution in [-0.2, 0) is 12.8 Å². The zero-order chi connectivity index (χ0) is 15.2. The van der Waals surface area contributed by atoms with E-state index < -0.39 is 0 Å². The van der Waals surface area contributed by atoms with Gasteiger partial charge in [0.25, 0.3) is 0 Å². The molecule has 0 bridgehead atoms. The van der Waals surface area contributed by atoms with Crippen molar-refractivity contribution < 1.29 is 4.74 Å². The smallest absolute Gasteiger partial charge is 0.222 e. The molecule has 0 saturated carbocycles. The van der Waals surface area contributed by atoms with Crippen LogP contribution in [0.2, 0.25) is 0 Å². The van der Waals surface area contributed by atoms with Crippen molar-refractivity contribution in [2.24, 2.45) is 0 Å². The molecular formula is C17H23N3O. The van der Waals surface area contributed by atoms with Gasteiger partial charge in [-0.15, -0.1) is 0 Å². The van der Waals surface area contributed by atoms with Gasteiger partial charge in [-0.1, -0.05) is 13.0 Å². The van der Waals surface area contributed by atoms with Crippen molar-refractivity contribution in [3.8, 4) is 5.75 Å². The van der Waals surface area contributed by atoms with Gasteiger partial charge in [0.15, 0.2) is 0 Å². The third-order valence-electron chi connectivity index (χ3n) is 3.86. The molecule has 0 unspecified atom stereocenters. The summed E-state index contributed by atoms with van der Waals surface area (Å²) in [5, 5.41) is 3.27. The van der Waals surface area contributed by atoms with E-state index in [1.54, 1.807) is 7.11 Å². The normalized spacial score (nSPS) is 10.5. The molecule has 21 heavy (non-hydrogen) atoms. The van der Waals surface area contributed by atoms with Crippen LogP contribution in [0.4, 0.5) is 5.95 Å². The van der Waals surface area contributed by atoms with Crippen LogP contribution in [0.3, 0.4) is 0 Å². The second-order valence-electron chi connectivity index (χ2n) is 5.12. The summed E-state index contributed by atoms with van der Waals surface area (Å²) >= 11 is 0. The molecule has 1 aromatic carbocycles. The van der Waals surface area contributed by atoms with E-state index >= 15 is 0 Å². The second kappa shape index (κ2) is 7.07. The van der Waals surface area contributed by atoms with E-state index in [-0.39, 0.29) is 0 Å². The molecule has 0 radical (unpaired) electrons. The van der Waals surface area contributed by atoms with Crippen molar-refractivity contribution in [2.75, 3.05) is 19.0 Å². The molecule has 4 heteroatoms. The Kier molecular flexibility index (Phi) is 5.14. The van der Waals surface area contributed by atoms with Crippen LogP contribution in [0.25, 0.3) is 0 Å². The van der Waals surface area contributed by atoms with Crippen LogP contribution in [0.1, 0.15) is 29.2 Å². The van der Waals surface area contributed by atoms with Gasteiger partial charge < -0.3 is 10.1 Å². The topological polar surface area (TPSA) is 47.0 Å². The first-order valence-corrected chi connectivity index (χ1v) is 7.33. The third-order valence-corrected chi connectivity index (χ3v) is 3.86. The highest BCUT2D eigenvalue weighted by Gasteiger charge is 2.06. The molecule has 0 atom stereocenters. The number of anilines is 1. The zero-order valence-corrected chi connectivity index (χ0v) is 13.2. The number of hydrogen-bond acceptors (Lipinski definition) is 4. The van der Waals surface area contributed by atoms with E-state index in [9.17, 15) is 0 Å². The minimum absolute atomic E-state index is 0.690. The van der Waals surface area contributed by atoms with Crippen molar-refractivity contribution in [1.29, 1.82) is 0 Å². The Morgan fingerprint density at radius 1 is 1.10 bits per heavy atom. The minimum Gasteiger partial charge on any atom is -0.496 e. The standard InChI is InChI=1S/C17H23N3O/c1-5-14-10-19-17(20-11-14)18-9-8-15-6-7-16(21-4)13(3)12(15)2/h6-7,10-11H,5,8-9H2,1-4H3,(H,18,19,20). The highest BCUT2D eigenvalue weighted by Crippen LogP contribution is 2.24. The molecule has 0 fully saturated rings. The molecule has 2 rings (SSSR count). The average molecular weight is 285 g/mol. The fourth-order valence-corrected chi connectivity index (χ4v) is 2.28. The zero-order valence-electron chi connectivity index (χ0n) is 13.2. The SMILES string of the molecule is CCc1cnc(NCCc2ccc(OC)c(C)c2C)nc1. The summed E-state index contributed by atoms with van der Waals surface area (Å²) in [5.41, 5.74) is 4.98. The highest BCUT2D eigenvalue weighted by atomic mass is 16.5. The van der Waals surface area contributed by atoms with Crippen molar-refractivity contribution in [3.63, 3.8) is 0 Å². The molecule has 0 aliphatic heterocycles. The first-order valence-electron chi connectivity index (χ1n) is 7.33. The van der Waals surface area contributed by atoms with Crippen LogP contribution in [0.5, 0.6) is 5.75 Å². The second-order valence-corrected chi connectivity index (χ2v) is 5.12. The van der Waals surface area contributed by atoms with Crippen molar-refractivity contribution >= 4 is 5.95 Å². The minimum atomic E-state index is 0.690. The molecule has 1 aromatic heterocycles. The number of methoxy groups -OCH3 is 1. The van der Waals surface area contributed by atoms with Gasteiger partial charge in [-0.3, -0.25) is 0 Å². The van der Waals surface area contributed by atoms with E-state index in [0.29, 0.717) is 5.95 Å². The number of aryl methyl sites for hydroxylation is 1. The molecule has 0 amide bonds. The first kappa shape index (κ1) is 15.3. The van der Waals surface area contributed by atoms with E-state index in [0.717, 1.165) is 30.7 Å². The van der Waals surface area contributed by atoms with Gasteiger partial charge in [0.05, 0.1) is 7.11 Å². The predicted molar refractivity (Wildman–Crippen MR) is 86.1 cm³/mol. The van der Waals surface area contributed by atoms with E-state index in [2.05, 4.69) is 42.1 Å². The summed E-state index contributed by atoms with van der Waals surface area (Å²) in [7, 11) is 1.71. The van der Waals surface area contributed by atoms with Gasteiger partial charge in [-0.05, 0) is 55.0 Å². The maximum absolute atomic E-state index is 5.34. The van der Waals surface area contributed by atoms with Crippen LogP contribution in [-0.4, -0.2) is 23.6 Å². The third kappa shape index (κ3) is 3.72. The van der Waals surface area contributed by atoms with E-state index in [4.69, 9.17) is 4.74 Å². The lowest BCUT2D eigenvalue weighted by Crippen LogP contribution is -2.09. The van der Waals surface area contributed by atoms with Crippen LogP contribution in [0, 0.1) is 13.8 Å². The maximum Gasteiger partial charge on any atom is 0.222 e. The molecule has 4 nitrogen and oxygen atoms in total. The Balaban J connectivity index is 1.95. The molecule has 1 N–H and O–H groups in total. The fraction of sp³-hybridized carbons (Fsp3) is 0.412. The van der Waals surface area contributed by atoms with Crippen molar-refractivity contribution in [2.45, 2.75) is 33.6 Å². The largest absolute Gasteiger partial charge is 0.496 e. The number of aromatic nitrogens is 2. The van der Waals surface area contributed by atoms with Gasteiger partial charge in [0.1, 0.15) is 5.75 Å². The lowest BCUT2D eigenvalue weighted by molar-refractivity contribution is 0.411. The van der Waals surface area contributed by atoms with Crippen molar-refractivity contribution in [1.82, 2.24) is 9.97 Å². The molecule has 0 aliphatic rings. The summed E-state index contributed by atoms with van der Waals surface area (Å²) in [6.07, 6.45) is 5.65. The Labute approximate surface area is 126 Å². The lowest BCUT2D eigenvalue weighted by atomic mass is 10.00. The summed E-state index contributed by atoms with van der Waals surface area (Å²) in [6, 6.07) is 4.16. The quantitative estimate of drug-likeness (QED) is 0.884. The molecule has 1 heterocycles. The maximum atomic E-state index is 5.34. The van der Waals surface area contributed by atoms with Gasteiger partial charge in [0, 0.05) is 18.9 Å². The van der Waals surface area contributed by atoms with E-state index in [1.807, 2.05) is 18.5 Å². The summed E-state index contributed by atoms with van der Waals surface area (Å²) in [5.74, 6) is 1.64. The van der Waals surface area contributed by atoms with Crippen molar-refractivity contribution in [3.05, 3.63) is 46.8 Å². The Bertz CT molecular complexity index is 594. The number of nitrogens with zero attached hydrogens (tertiary/aromatic N) is 2. The average Bonchev–Trinajstić information content (AvgIpc) is 2.52. The monoisotopic (exact) mass is 285 g/mol. The summed E-state index contributed by atoms with van der Waals surface area (Å²) < 4.78 is 5.34. The van der Waals surface area contributed by atoms with Crippen LogP contribution >= 0.6 is 0 Å². The number of benzene rings is 1. The van der Waals surface area contributed by atoms with Gasteiger partial charge >= 0.3 is 0 Å². The number of rotatable bonds is 6. The molecule has 0 saturated heterocycles. The molecule has 0 aliphatic carbocycles. The number of hydrogen-bond donors (Lipinski definition) is 1. The van der Waals surface area contributed by atoms with Crippen LogP contribution < -0.4 is 10.1 Å². The molecule has 112 valence electrons. The number of nitrogens with one attached hydrogen (secondary N) is 1. The summed E-state index contributed by atoms with van der Waals surface area (Å²) in [4.78, 5) is 8.61. The molecule has 2 aromatic rings. The molecule has 0 spiro atoms. The first-order chi connectivity index (χ1) is 10.2.